The van der Waals surface area contributed by atoms with E-state index in [9.17, 15) is 0 Å². The van der Waals surface area contributed by atoms with E-state index in [0.29, 0.717) is 17.6 Å². The SMILES string of the molecule is CCOc1cccc(Nc2nc(SC)nc3c2ncn3C2CCCO2)c1. The summed E-state index contributed by atoms with van der Waals surface area (Å²) in [4.78, 5) is 13.8. The highest BCUT2D eigenvalue weighted by atomic mass is 32.2. The standard InChI is InChI=1S/C18H21N5O2S/c1-3-24-13-7-4-6-12(10-13)20-16-15-17(22-18(21-16)26-2)23(11-19-15)14-8-5-9-25-14/h4,6-7,10-11,14H,3,5,8-9H2,1-2H3,(H,20,21,22). The number of benzene rings is 1. The first-order valence-corrected chi connectivity index (χ1v) is 9.91. The van der Waals surface area contributed by atoms with Crippen molar-refractivity contribution in [2.75, 3.05) is 24.8 Å². The lowest BCUT2D eigenvalue weighted by Gasteiger charge is -2.13. The predicted octanol–water partition coefficient (Wildman–Crippen LogP) is 4.00. The molecule has 1 atom stereocenters. The molecule has 1 aliphatic rings. The maximum atomic E-state index is 5.80. The van der Waals surface area contributed by atoms with E-state index >= 15 is 0 Å². The fraction of sp³-hybridized carbons (Fsp3) is 0.389. The molecule has 0 aliphatic carbocycles. The van der Waals surface area contributed by atoms with Gasteiger partial charge in [0, 0.05) is 18.4 Å². The van der Waals surface area contributed by atoms with E-state index in [1.54, 1.807) is 6.33 Å². The van der Waals surface area contributed by atoms with E-state index in [4.69, 9.17) is 9.47 Å². The molecule has 0 spiro atoms. The number of nitrogens with one attached hydrogen (secondary N) is 1. The smallest absolute Gasteiger partial charge is 0.191 e. The summed E-state index contributed by atoms with van der Waals surface area (Å²) in [5, 5.41) is 4.06. The van der Waals surface area contributed by atoms with E-state index in [-0.39, 0.29) is 6.23 Å². The molecule has 1 N–H and O–H groups in total. The van der Waals surface area contributed by atoms with Crippen molar-refractivity contribution in [1.29, 1.82) is 0 Å². The number of ether oxygens (including phenoxy) is 2. The largest absolute Gasteiger partial charge is 0.494 e. The van der Waals surface area contributed by atoms with Crippen LogP contribution in [0.5, 0.6) is 5.75 Å². The summed E-state index contributed by atoms with van der Waals surface area (Å²) in [6, 6.07) is 7.81. The lowest BCUT2D eigenvalue weighted by atomic mass is 10.3. The molecule has 8 heteroatoms. The first kappa shape index (κ1) is 17.1. The van der Waals surface area contributed by atoms with E-state index in [2.05, 4.69) is 20.3 Å². The van der Waals surface area contributed by atoms with Gasteiger partial charge < -0.3 is 14.8 Å². The Bertz CT molecular complexity index is 908. The quantitative estimate of drug-likeness (QED) is 0.518. The van der Waals surface area contributed by atoms with Crippen molar-refractivity contribution < 1.29 is 9.47 Å². The zero-order valence-electron chi connectivity index (χ0n) is 14.8. The third-order valence-electron chi connectivity index (χ3n) is 4.21. The number of rotatable bonds is 6. The molecule has 3 heterocycles. The molecule has 1 fully saturated rings. The van der Waals surface area contributed by atoms with Crippen LogP contribution in [0.15, 0.2) is 35.7 Å². The molecule has 2 aromatic heterocycles. The molecule has 0 saturated carbocycles. The fourth-order valence-electron chi connectivity index (χ4n) is 3.03. The first-order valence-electron chi connectivity index (χ1n) is 8.68. The molecule has 0 amide bonds. The van der Waals surface area contributed by atoms with Gasteiger partial charge in [-0.05, 0) is 38.2 Å². The van der Waals surface area contributed by atoms with Gasteiger partial charge in [0.25, 0.3) is 0 Å². The Kier molecular flexibility index (Phi) is 4.94. The number of nitrogens with zero attached hydrogens (tertiary/aromatic N) is 4. The van der Waals surface area contributed by atoms with Gasteiger partial charge in [0.05, 0.1) is 12.9 Å². The Labute approximate surface area is 156 Å². The highest BCUT2D eigenvalue weighted by Gasteiger charge is 2.22. The third-order valence-corrected chi connectivity index (χ3v) is 4.75. The first-order chi connectivity index (χ1) is 12.8. The van der Waals surface area contributed by atoms with Gasteiger partial charge in [0.1, 0.15) is 12.0 Å². The summed E-state index contributed by atoms with van der Waals surface area (Å²) >= 11 is 1.51. The van der Waals surface area contributed by atoms with Gasteiger partial charge in [-0.3, -0.25) is 4.57 Å². The molecule has 4 rings (SSSR count). The summed E-state index contributed by atoms with van der Waals surface area (Å²) in [6.07, 6.45) is 5.79. The molecule has 26 heavy (non-hydrogen) atoms. The van der Waals surface area contributed by atoms with E-state index in [1.807, 2.05) is 42.0 Å². The Morgan fingerprint density at radius 1 is 1.38 bits per heavy atom. The van der Waals surface area contributed by atoms with Crippen molar-refractivity contribution in [1.82, 2.24) is 19.5 Å². The van der Waals surface area contributed by atoms with Crippen LogP contribution in [0.1, 0.15) is 26.0 Å². The average molecular weight is 371 g/mol. The van der Waals surface area contributed by atoms with Crippen LogP contribution < -0.4 is 10.1 Å². The van der Waals surface area contributed by atoms with E-state index in [1.165, 1.54) is 11.8 Å². The summed E-state index contributed by atoms with van der Waals surface area (Å²) < 4.78 is 13.4. The molecule has 1 unspecified atom stereocenters. The second-order valence-corrected chi connectivity index (χ2v) is 6.71. The number of hydrogen-bond donors (Lipinski definition) is 1. The molecule has 0 radical (unpaired) electrons. The second-order valence-electron chi connectivity index (χ2n) is 5.94. The number of fused-ring (bicyclic) bond motifs is 1. The minimum absolute atomic E-state index is 0.00117. The summed E-state index contributed by atoms with van der Waals surface area (Å²) in [5.41, 5.74) is 2.43. The predicted molar refractivity (Wildman–Crippen MR) is 102 cm³/mol. The molecule has 1 aromatic carbocycles. The zero-order valence-corrected chi connectivity index (χ0v) is 15.6. The molecule has 136 valence electrons. The molecule has 1 saturated heterocycles. The van der Waals surface area contributed by atoms with E-state index < -0.39 is 0 Å². The average Bonchev–Trinajstić information content (AvgIpc) is 3.31. The number of aromatic nitrogens is 4. The number of anilines is 2. The van der Waals surface area contributed by atoms with Gasteiger partial charge in [-0.25, -0.2) is 15.0 Å². The van der Waals surface area contributed by atoms with E-state index in [0.717, 1.165) is 42.0 Å². The lowest BCUT2D eigenvalue weighted by Crippen LogP contribution is -2.07. The van der Waals surface area contributed by atoms with Gasteiger partial charge in [-0.2, -0.15) is 0 Å². The van der Waals surface area contributed by atoms with Crippen LogP contribution in [-0.2, 0) is 4.74 Å². The Morgan fingerprint density at radius 3 is 3.08 bits per heavy atom. The third kappa shape index (κ3) is 3.34. The molecule has 7 nitrogen and oxygen atoms in total. The normalized spacial score (nSPS) is 16.9. The van der Waals surface area contributed by atoms with Crippen molar-refractivity contribution in [2.24, 2.45) is 0 Å². The Morgan fingerprint density at radius 2 is 2.31 bits per heavy atom. The Balaban J connectivity index is 1.73. The van der Waals surface area contributed by atoms with Gasteiger partial charge in [0.2, 0.25) is 0 Å². The summed E-state index contributed by atoms with van der Waals surface area (Å²) in [6.45, 7) is 3.38. The van der Waals surface area contributed by atoms with Gasteiger partial charge in [-0.15, -0.1) is 0 Å². The number of hydrogen-bond acceptors (Lipinski definition) is 7. The van der Waals surface area contributed by atoms with Crippen LogP contribution in [0.25, 0.3) is 11.2 Å². The van der Waals surface area contributed by atoms with Crippen molar-refractivity contribution in [2.45, 2.75) is 31.1 Å². The fourth-order valence-corrected chi connectivity index (χ4v) is 3.39. The second kappa shape index (κ2) is 7.51. The van der Waals surface area contributed by atoms with Crippen LogP contribution in [0, 0.1) is 0 Å². The number of imidazole rings is 1. The monoisotopic (exact) mass is 371 g/mol. The highest BCUT2D eigenvalue weighted by molar-refractivity contribution is 7.98. The highest BCUT2D eigenvalue weighted by Crippen LogP contribution is 2.31. The Hall–Kier alpha value is -2.32. The van der Waals surface area contributed by atoms with Crippen LogP contribution in [0.3, 0.4) is 0 Å². The minimum atomic E-state index is -0.00117. The molecular formula is C18H21N5O2S. The van der Waals surface area contributed by atoms with Crippen LogP contribution in [0.4, 0.5) is 11.5 Å². The molecule has 3 aromatic rings. The maximum Gasteiger partial charge on any atom is 0.191 e. The topological polar surface area (TPSA) is 74.1 Å². The molecule has 1 aliphatic heterocycles. The minimum Gasteiger partial charge on any atom is -0.494 e. The van der Waals surface area contributed by atoms with Crippen molar-refractivity contribution in [3.63, 3.8) is 0 Å². The summed E-state index contributed by atoms with van der Waals surface area (Å²) in [7, 11) is 0. The van der Waals surface area contributed by atoms with Crippen LogP contribution >= 0.6 is 11.8 Å². The van der Waals surface area contributed by atoms with Crippen LogP contribution in [-0.4, -0.2) is 39.0 Å². The van der Waals surface area contributed by atoms with Gasteiger partial charge in [-0.1, -0.05) is 17.8 Å². The van der Waals surface area contributed by atoms with Crippen molar-refractivity contribution in [3.05, 3.63) is 30.6 Å². The molecule has 0 bridgehead atoms. The summed E-state index contributed by atoms with van der Waals surface area (Å²) in [5.74, 6) is 1.50. The van der Waals surface area contributed by atoms with Gasteiger partial charge in [0.15, 0.2) is 22.1 Å². The number of thioether (sulfide) groups is 1. The van der Waals surface area contributed by atoms with Gasteiger partial charge >= 0.3 is 0 Å². The van der Waals surface area contributed by atoms with Crippen LogP contribution in [0.2, 0.25) is 0 Å². The van der Waals surface area contributed by atoms with Crippen molar-refractivity contribution >= 4 is 34.4 Å². The van der Waals surface area contributed by atoms with Crippen molar-refractivity contribution in [3.8, 4) is 5.75 Å². The lowest BCUT2D eigenvalue weighted by molar-refractivity contribution is 0.0592. The maximum absolute atomic E-state index is 5.80. The zero-order chi connectivity index (χ0) is 17.9. The molecular weight excluding hydrogens is 350 g/mol.